The average Bonchev–Trinajstić information content (AvgIpc) is 2.99. The highest BCUT2D eigenvalue weighted by molar-refractivity contribution is 5.92. The summed E-state index contributed by atoms with van der Waals surface area (Å²) in [5, 5.41) is 7.48. The Balaban J connectivity index is 1.56. The van der Waals surface area contributed by atoms with E-state index in [1.54, 1.807) is 6.20 Å². The molecule has 2 aromatic rings. The van der Waals surface area contributed by atoms with Gasteiger partial charge in [0.05, 0.1) is 6.20 Å². The average molecular weight is 328 g/mol. The van der Waals surface area contributed by atoms with Gasteiger partial charge in [0.2, 0.25) is 0 Å². The highest BCUT2D eigenvalue weighted by Crippen LogP contribution is 2.47. The molecule has 7 heteroatoms. The van der Waals surface area contributed by atoms with Gasteiger partial charge in [-0.05, 0) is 31.6 Å². The van der Waals surface area contributed by atoms with E-state index in [4.69, 9.17) is 4.98 Å². The number of likely N-dealkylation sites (tertiary alicyclic amines) is 1. The first-order chi connectivity index (χ1) is 11.5. The topological polar surface area (TPSA) is 90.6 Å². The minimum atomic E-state index is 0.0346. The molecule has 0 radical (unpaired) electrons. The minimum absolute atomic E-state index is 0.0346. The summed E-state index contributed by atoms with van der Waals surface area (Å²) in [5.41, 5.74) is 0.572. The Morgan fingerprint density at radius 2 is 2.12 bits per heavy atom. The van der Waals surface area contributed by atoms with Gasteiger partial charge < -0.3 is 9.88 Å². The summed E-state index contributed by atoms with van der Waals surface area (Å²) in [6.45, 7) is 7.54. The van der Waals surface area contributed by atoms with Crippen molar-refractivity contribution in [3.63, 3.8) is 0 Å². The van der Waals surface area contributed by atoms with Crippen molar-refractivity contribution in [3.05, 3.63) is 29.4 Å². The molecule has 1 amide bonds. The van der Waals surface area contributed by atoms with Crippen LogP contribution in [0.2, 0.25) is 0 Å². The van der Waals surface area contributed by atoms with Gasteiger partial charge in [-0.2, -0.15) is 5.10 Å². The molecule has 128 valence electrons. The molecule has 2 atom stereocenters. The van der Waals surface area contributed by atoms with Crippen molar-refractivity contribution in [2.45, 2.75) is 45.4 Å². The zero-order valence-electron chi connectivity index (χ0n) is 14.4. The van der Waals surface area contributed by atoms with Crippen LogP contribution in [0.5, 0.6) is 0 Å². The smallest absolute Gasteiger partial charge is 0.271 e. The first-order valence-corrected chi connectivity index (χ1v) is 8.76. The Labute approximate surface area is 141 Å². The van der Waals surface area contributed by atoms with E-state index >= 15 is 0 Å². The Morgan fingerprint density at radius 3 is 2.71 bits per heavy atom. The van der Waals surface area contributed by atoms with Crippen LogP contribution >= 0.6 is 0 Å². The van der Waals surface area contributed by atoms with Gasteiger partial charge in [0, 0.05) is 24.9 Å². The SMILES string of the molecule is Cc1ncc(C(=O)N2C[C@H](c3nc(C(C)C)n[nH]3)[C@@H](C3CC3)C2)[nH]1. The fourth-order valence-electron chi connectivity index (χ4n) is 3.70. The van der Waals surface area contributed by atoms with Crippen molar-refractivity contribution in [1.82, 2.24) is 30.0 Å². The maximum atomic E-state index is 12.7. The van der Waals surface area contributed by atoms with Crippen molar-refractivity contribution in [1.29, 1.82) is 0 Å². The molecule has 2 aliphatic rings. The van der Waals surface area contributed by atoms with E-state index in [-0.39, 0.29) is 11.8 Å². The maximum Gasteiger partial charge on any atom is 0.271 e. The van der Waals surface area contributed by atoms with Gasteiger partial charge in [-0.1, -0.05) is 13.8 Å². The number of hydrogen-bond acceptors (Lipinski definition) is 4. The standard InChI is InChI=1S/C17H24N6O/c1-9(2)15-20-16(22-21-15)13-8-23(7-12(13)11-4-5-11)17(24)14-6-18-10(3)19-14/h6,9,11-13H,4-5,7-8H2,1-3H3,(H,18,19)(H,20,21,22)/t12-,13+/m1/s1. The number of aromatic nitrogens is 5. The fraction of sp³-hybridized carbons (Fsp3) is 0.647. The number of carbonyl (C=O) groups is 1. The molecular weight excluding hydrogens is 304 g/mol. The van der Waals surface area contributed by atoms with Crippen LogP contribution in [0, 0.1) is 18.8 Å². The molecule has 4 rings (SSSR count). The molecule has 0 bridgehead atoms. The molecule has 7 nitrogen and oxygen atoms in total. The summed E-state index contributed by atoms with van der Waals surface area (Å²) in [7, 11) is 0. The lowest BCUT2D eigenvalue weighted by atomic mass is 9.91. The van der Waals surface area contributed by atoms with Gasteiger partial charge in [-0.15, -0.1) is 0 Å². The molecule has 0 aromatic carbocycles. The lowest BCUT2D eigenvalue weighted by molar-refractivity contribution is 0.0779. The summed E-state index contributed by atoms with van der Waals surface area (Å²) in [6.07, 6.45) is 4.15. The van der Waals surface area contributed by atoms with Crippen molar-refractivity contribution in [2.75, 3.05) is 13.1 Å². The van der Waals surface area contributed by atoms with Crippen molar-refractivity contribution in [3.8, 4) is 0 Å². The van der Waals surface area contributed by atoms with Crippen LogP contribution in [-0.2, 0) is 0 Å². The quantitative estimate of drug-likeness (QED) is 0.900. The number of nitrogens with zero attached hydrogens (tertiary/aromatic N) is 4. The van der Waals surface area contributed by atoms with Crippen LogP contribution in [0.15, 0.2) is 6.20 Å². The molecule has 2 N–H and O–H groups in total. The van der Waals surface area contributed by atoms with Crippen LogP contribution in [0.1, 0.15) is 66.5 Å². The molecule has 2 fully saturated rings. The molecule has 1 saturated heterocycles. The molecule has 1 aliphatic carbocycles. The molecule has 3 heterocycles. The zero-order valence-corrected chi connectivity index (χ0v) is 14.4. The van der Waals surface area contributed by atoms with Gasteiger partial charge in [0.25, 0.3) is 5.91 Å². The van der Waals surface area contributed by atoms with E-state index < -0.39 is 0 Å². The van der Waals surface area contributed by atoms with E-state index in [1.165, 1.54) is 12.8 Å². The Kier molecular flexibility index (Phi) is 3.66. The second-order valence-electron chi connectivity index (χ2n) is 7.43. The predicted octanol–water partition coefficient (Wildman–Crippen LogP) is 2.23. The summed E-state index contributed by atoms with van der Waals surface area (Å²) in [4.78, 5) is 26.6. The number of carbonyl (C=O) groups excluding carboxylic acids is 1. The van der Waals surface area contributed by atoms with Gasteiger partial charge >= 0.3 is 0 Å². The lowest BCUT2D eigenvalue weighted by Gasteiger charge is -2.14. The third kappa shape index (κ3) is 2.72. The highest BCUT2D eigenvalue weighted by atomic mass is 16.2. The van der Waals surface area contributed by atoms with Crippen LogP contribution in [0.25, 0.3) is 0 Å². The van der Waals surface area contributed by atoms with Gasteiger partial charge in [-0.3, -0.25) is 9.89 Å². The fourth-order valence-corrected chi connectivity index (χ4v) is 3.70. The van der Waals surface area contributed by atoms with Crippen molar-refractivity contribution >= 4 is 5.91 Å². The van der Waals surface area contributed by atoms with Crippen LogP contribution in [-0.4, -0.2) is 49.0 Å². The Hall–Kier alpha value is -2.18. The van der Waals surface area contributed by atoms with Crippen LogP contribution in [0.3, 0.4) is 0 Å². The second-order valence-corrected chi connectivity index (χ2v) is 7.43. The third-order valence-corrected chi connectivity index (χ3v) is 5.20. The molecule has 0 unspecified atom stereocenters. The normalized spacial score (nSPS) is 24.1. The predicted molar refractivity (Wildman–Crippen MR) is 88.7 cm³/mol. The summed E-state index contributed by atoms with van der Waals surface area (Å²) in [6, 6.07) is 0. The number of rotatable bonds is 4. The summed E-state index contributed by atoms with van der Waals surface area (Å²) >= 11 is 0. The van der Waals surface area contributed by atoms with E-state index in [9.17, 15) is 4.79 Å². The van der Waals surface area contributed by atoms with E-state index in [0.29, 0.717) is 30.0 Å². The minimum Gasteiger partial charge on any atom is -0.338 e. The first kappa shape index (κ1) is 15.4. The van der Waals surface area contributed by atoms with Gasteiger partial charge in [0.15, 0.2) is 5.82 Å². The molecule has 2 aromatic heterocycles. The summed E-state index contributed by atoms with van der Waals surface area (Å²) < 4.78 is 0. The number of aryl methyl sites for hydroxylation is 1. The molecule has 1 aliphatic heterocycles. The number of nitrogens with one attached hydrogen (secondary N) is 2. The largest absolute Gasteiger partial charge is 0.338 e. The Morgan fingerprint density at radius 1 is 1.33 bits per heavy atom. The number of H-pyrrole nitrogens is 2. The second kappa shape index (κ2) is 5.72. The van der Waals surface area contributed by atoms with Crippen molar-refractivity contribution in [2.24, 2.45) is 11.8 Å². The van der Waals surface area contributed by atoms with Gasteiger partial charge in [0.1, 0.15) is 17.3 Å². The van der Waals surface area contributed by atoms with Crippen LogP contribution in [0.4, 0.5) is 0 Å². The van der Waals surface area contributed by atoms with Crippen molar-refractivity contribution < 1.29 is 4.79 Å². The number of amides is 1. The molecule has 1 saturated carbocycles. The molecule has 0 spiro atoms. The third-order valence-electron chi connectivity index (χ3n) is 5.20. The van der Waals surface area contributed by atoms with E-state index in [2.05, 4.69) is 34.0 Å². The van der Waals surface area contributed by atoms with E-state index in [1.807, 2.05) is 11.8 Å². The Bertz CT molecular complexity index is 744. The highest BCUT2D eigenvalue weighted by Gasteiger charge is 2.46. The number of aromatic amines is 2. The number of imidazole rings is 1. The number of hydrogen-bond donors (Lipinski definition) is 2. The molecular formula is C17H24N6O. The first-order valence-electron chi connectivity index (χ1n) is 8.76. The van der Waals surface area contributed by atoms with E-state index in [0.717, 1.165) is 24.0 Å². The summed E-state index contributed by atoms with van der Waals surface area (Å²) in [5.74, 6) is 4.35. The van der Waals surface area contributed by atoms with Gasteiger partial charge in [-0.25, -0.2) is 9.97 Å². The maximum absolute atomic E-state index is 12.7. The lowest BCUT2D eigenvalue weighted by Crippen LogP contribution is -2.29. The molecule has 24 heavy (non-hydrogen) atoms. The monoisotopic (exact) mass is 328 g/mol. The zero-order chi connectivity index (χ0) is 16.8. The van der Waals surface area contributed by atoms with Crippen LogP contribution < -0.4 is 0 Å².